The number of piperidine rings is 1. The van der Waals surface area contributed by atoms with Crippen molar-refractivity contribution in [2.75, 3.05) is 25.0 Å². The number of aromatic nitrogens is 1. The van der Waals surface area contributed by atoms with E-state index in [1.165, 1.54) is 0 Å². The van der Waals surface area contributed by atoms with Gasteiger partial charge in [0.2, 0.25) is 23.6 Å². The second kappa shape index (κ2) is 20.9. The summed E-state index contributed by atoms with van der Waals surface area (Å²) < 4.78 is 0. The molecular weight excluding hydrogens is 795 g/mol. The number of nitrogens with one attached hydrogen (secondary N) is 3. The average molecular weight is 852 g/mol. The maximum atomic E-state index is 14.4. The van der Waals surface area contributed by atoms with E-state index in [1.807, 2.05) is 145 Å². The average Bonchev–Trinajstić information content (AvgIpc) is 3.77. The van der Waals surface area contributed by atoms with Crippen molar-refractivity contribution in [1.82, 2.24) is 20.1 Å². The van der Waals surface area contributed by atoms with E-state index in [2.05, 4.69) is 46.0 Å². The van der Waals surface area contributed by atoms with Crippen molar-refractivity contribution in [2.24, 2.45) is 0 Å². The van der Waals surface area contributed by atoms with Crippen molar-refractivity contribution in [2.45, 2.75) is 75.8 Å². The van der Waals surface area contributed by atoms with Gasteiger partial charge in [-0.25, -0.2) is 0 Å². The number of hydrogen-bond donors (Lipinski definition) is 3. The number of hydrogen-bond acceptors (Lipinski definition) is 4. The van der Waals surface area contributed by atoms with Gasteiger partial charge in [-0.2, -0.15) is 0 Å². The van der Waals surface area contributed by atoms with Crippen LogP contribution in [0.1, 0.15) is 73.1 Å². The Bertz CT molecular complexity index is 2630. The number of aromatic amines is 1. The van der Waals surface area contributed by atoms with Crippen LogP contribution in [0.4, 0.5) is 5.69 Å². The van der Waals surface area contributed by atoms with Gasteiger partial charge in [-0.1, -0.05) is 153 Å². The zero-order valence-corrected chi connectivity index (χ0v) is 36.5. The summed E-state index contributed by atoms with van der Waals surface area (Å²) in [7, 11) is 0. The first-order valence-corrected chi connectivity index (χ1v) is 22.7. The van der Waals surface area contributed by atoms with Crippen molar-refractivity contribution in [1.29, 1.82) is 0 Å². The molecule has 0 radical (unpaired) electrons. The van der Waals surface area contributed by atoms with E-state index in [1.54, 1.807) is 4.90 Å². The molecule has 0 bridgehead atoms. The largest absolute Gasteiger partial charge is 0.355 e. The number of likely N-dealkylation sites (tertiary alicyclic amines) is 1. The van der Waals surface area contributed by atoms with Crippen molar-refractivity contribution in [3.63, 3.8) is 0 Å². The van der Waals surface area contributed by atoms with Gasteiger partial charge in [-0.15, -0.1) is 0 Å². The quantitative estimate of drug-likeness (QED) is 0.0925. The molecule has 9 heteroatoms. The lowest BCUT2D eigenvalue weighted by Crippen LogP contribution is -2.55. The van der Waals surface area contributed by atoms with Gasteiger partial charge < -0.3 is 25.4 Å². The SMILES string of the molecule is CCCN(CC(=O)Nc1ccc(-c2cc3c([nH]2)=CCC(NC(=O)[C@@H]2CCCCN2C(=O)C(Cc2ccccc2)c2ccccc2)C=3)cc1)C(=O)C(Cc1ccccc1)c1ccccc1. The summed E-state index contributed by atoms with van der Waals surface area (Å²) in [5.74, 6) is -1.22. The highest BCUT2D eigenvalue weighted by Crippen LogP contribution is 2.29. The van der Waals surface area contributed by atoms with Crippen molar-refractivity contribution in [3.8, 4) is 11.3 Å². The molecule has 3 N–H and O–H groups in total. The summed E-state index contributed by atoms with van der Waals surface area (Å²) in [6, 6.07) is 48.8. The third-order valence-electron chi connectivity index (χ3n) is 12.4. The molecule has 1 saturated heterocycles. The molecule has 2 aliphatic rings. The summed E-state index contributed by atoms with van der Waals surface area (Å²) in [6.45, 7) is 3.00. The van der Waals surface area contributed by atoms with E-state index in [9.17, 15) is 19.2 Å². The maximum absolute atomic E-state index is 14.4. The van der Waals surface area contributed by atoms with Gasteiger partial charge in [0.25, 0.3) is 0 Å². The van der Waals surface area contributed by atoms with Crippen LogP contribution in [0.25, 0.3) is 23.4 Å². The second-order valence-corrected chi connectivity index (χ2v) is 17.0. The van der Waals surface area contributed by atoms with Gasteiger partial charge in [0.05, 0.1) is 24.4 Å². The molecule has 1 aliphatic heterocycles. The predicted molar refractivity (Wildman–Crippen MR) is 254 cm³/mol. The van der Waals surface area contributed by atoms with Crippen LogP contribution in [0.15, 0.2) is 152 Å². The van der Waals surface area contributed by atoms with Crippen LogP contribution in [0.5, 0.6) is 0 Å². The van der Waals surface area contributed by atoms with Gasteiger partial charge >= 0.3 is 0 Å². The van der Waals surface area contributed by atoms with E-state index >= 15 is 0 Å². The summed E-state index contributed by atoms with van der Waals surface area (Å²) in [6.07, 6.45) is 9.08. The number of carbonyl (C=O) groups is 4. The Morgan fingerprint density at radius 2 is 1.33 bits per heavy atom. The van der Waals surface area contributed by atoms with Crippen LogP contribution in [-0.4, -0.2) is 70.1 Å². The third kappa shape index (κ3) is 10.8. The number of fused-ring (bicyclic) bond motifs is 1. The summed E-state index contributed by atoms with van der Waals surface area (Å²) in [5.41, 5.74) is 6.56. The predicted octanol–water partition coefficient (Wildman–Crippen LogP) is 7.74. The molecule has 0 spiro atoms. The first-order chi connectivity index (χ1) is 31.3. The molecule has 1 aliphatic carbocycles. The van der Waals surface area contributed by atoms with Crippen molar-refractivity contribution in [3.05, 3.63) is 184 Å². The van der Waals surface area contributed by atoms with Crippen LogP contribution in [-0.2, 0) is 32.0 Å². The second-order valence-electron chi connectivity index (χ2n) is 17.0. The standard InChI is InChI=1S/C55H57N5O4/c1-2-32-59(54(63)47(41-21-11-5-12-22-41)34-39-17-7-3-8-18-39)38-52(61)56-45-28-26-43(27-29-45)50-37-44-36-46(30-31-49(44)58-50)57-53(62)51-25-15-16-33-60(51)55(64)48(42-23-13-6-14-24-42)35-40-19-9-4-10-20-40/h3-14,17-24,26-29,31,36-37,46-48,51,58H,2,15-16,25,30,32-35,38H2,1H3,(H,56,61)(H,57,62)/t46?,47?,48?,51-/m0/s1. The fourth-order valence-electron chi connectivity index (χ4n) is 9.16. The number of anilines is 1. The highest BCUT2D eigenvalue weighted by Gasteiger charge is 2.37. The normalized spacial score (nSPS) is 16.5. The monoisotopic (exact) mass is 851 g/mol. The molecule has 6 aromatic rings. The molecule has 5 aromatic carbocycles. The van der Waals surface area contributed by atoms with Crippen LogP contribution < -0.4 is 21.2 Å². The lowest BCUT2D eigenvalue weighted by Gasteiger charge is -2.37. The number of amides is 4. The lowest BCUT2D eigenvalue weighted by molar-refractivity contribution is -0.143. The minimum Gasteiger partial charge on any atom is -0.355 e. The van der Waals surface area contributed by atoms with Gasteiger partial charge in [0.1, 0.15) is 6.04 Å². The molecule has 3 unspecified atom stereocenters. The van der Waals surface area contributed by atoms with Gasteiger partial charge in [0, 0.05) is 29.8 Å². The fourth-order valence-corrected chi connectivity index (χ4v) is 9.16. The first kappa shape index (κ1) is 43.6. The number of benzene rings is 5. The molecule has 8 rings (SSSR count). The van der Waals surface area contributed by atoms with Gasteiger partial charge in [-0.05, 0) is 96.2 Å². The molecule has 1 aromatic heterocycles. The molecule has 326 valence electrons. The summed E-state index contributed by atoms with van der Waals surface area (Å²) in [5, 5.41) is 8.26. The minimum absolute atomic E-state index is 0.00249. The summed E-state index contributed by atoms with van der Waals surface area (Å²) in [4.78, 5) is 63.0. The maximum Gasteiger partial charge on any atom is 0.243 e. The molecule has 1 fully saturated rings. The number of nitrogens with zero attached hydrogens (tertiary/aromatic N) is 2. The first-order valence-electron chi connectivity index (χ1n) is 22.7. The molecule has 0 saturated carbocycles. The molecular formula is C55H57N5O4. The van der Waals surface area contributed by atoms with Crippen LogP contribution in [0.2, 0.25) is 0 Å². The fraction of sp³-hybridized carbons (Fsp3) is 0.273. The minimum atomic E-state index is -0.528. The topological polar surface area (TPSA) is 115 Å². The zero-order valence-electron chi connectivity index (χ0n) is 36.5. The molecule has 64 heavy (non-hydrogen) atoms. The van der Waals surface area contributed by atoms with Crippen molar-refractivity contribution < 1.29 is 19.2 Å². The Kier molecular flexibility index (Phi) is 14.3. The van der Waals surface area contributed by atoms with Crippen LogP contribution >= 0.6 is 0 Å². The lowest BCUT2D eigenvalue weighted by atomic mass is 9.89. The smallest absolute Gasteiger partial charge is 0.243 e. The van der Waals surface area contributed by atoms with Crippen LogP contribution in [0, 0.1) is 0 Å². The van der Waals surface area contributed by atoms with Gasteiger partial charge in [0.15, 0.2) is 0 Å². The number of rotatable bonds is 16. The van der Waals surface area contributed by atoms with E-state index < -0.39 is 12.0 Å². The molecule has 4 amide bonds. The van der Waals surface area contributed by atoms with E-state index in [0.717, 1.165) is 63.3 Å². The zero-order chi connectivity index (χ0) is 44.3. The van der Waals surface area contributed by atoms with Crippen molar-refractivity contribution >= 4 is 41.5 Å². The van der Waals surface area contributed by atoms with E-state index in [4.69, 9.17) is 0 Å². The van der Waals surface area contributed by atoms with E-state index in [0.29, 0.717) is 44.5 Å². The Balaban J connectivity index is 0.903. The van der Waals surface area contributed by atoms with Gasteiger partial charge in [-0.3, -0.25) is 19.2 Å². The highest BCUT2D eigenvalue weighted by atomic mass is 16.2. The number of H-pyrrole nitrogens is 1. The Hall–Kier alpha value is -7.00. The van der Waals surface area contributed by atoms with E-state index in [-0.39, 0.29) is 42.1 Å². The molecule has 4 atom stereocenters. The number of carbonyl (C=O) groups excluding carboxylic acids is 4. The Labute approximate surface area is 375 Å². The van der Waals surface area contributed by atoms with Crippen LogP contribution in [0.3, 0.4) is 0 Å². The molecule has 2 heterocycles. The molecule has 9 nitrogen and oxygen atoms in total. The highest BCUT2D eigenvalue weighted by molar-refractivity contribution is 5.96. The Morgan fingerprint density at radius 1 is 0.734 bits per heavy atom. The third-order valence-corrected chi connectivity index (χ3v) is 12.4. The summed E-state index contributed by atoms with van der Waals surface area (Å²) >= 11 is 0. The Morgan fingerprint density at radius 3 is 1.95 bits per heavy atom.